The maximum Gasteiger partial charge on any atom is 0.338 e. The third-order valence-corrected chi connectivity index (χ3v) is 4.05. The molecule has 0 atom stereocenters. The zero-order valence-electron chi connectivity index (χ0n) is 13.3. The Morgan fingerprint density at radius 2 is 1.65 bits per heavy atom. The zero-order valence-corrected chi connectivity index (χ0v) is 13.3. The zero-order chi connectivity index (χ0) is 16.6. The molecule has 0 aliphatic carbocycles. The van der Waals surface area contributed by atoms with E-state index in [1.54, 1.807) is 0 Å². The van der Waals surface area contributed by atoms with Crippen molar-refractivity contribution in [2.45, 2.75) is 13.8 Å². The van der Waals surface area contributed by atoms with E-state index in [1.807, 2.05) is 50.2 Å². The van der Waals surface area contributed by atoms with Gasteiger partial charge in [-0.1, -0.05) is 24.3 Å². The van der Waals surface area contributed by atoms with Gasteiger partial charge in [0.05, 0.1) is 12.7 Å². The van der Waals surface area contributed by atoms with Crippen molar-refractivity contribution < 1.29 is 13.9 Å². The van der Waals surface area contributed by atoms with Crippen LogP contribution in [0.3, 0.4) is 0 Å². The lowest BCUT2D eigenvalue weighted by Crippen LogP contribution is -2.03. The van der Waals surface area contributed by atoms with Crippen molar-refractivity contribution in [1.29, 1.82) is 0 Å². The third kappa shape index (κ3) is 2.70. The molecule has 0 aliphatic rings. The molecule has 23 heavy (non-hydrogen) atoms. The molecule has 0 spiro atoms. The van der Waals surface area contributed by atoms with Gasteiger partial charge in [-0.15, -0.1) is 0 Å². The van der Waals surface area contributed by atoms with Gasteiger partial charge in [0.15, 0.2) is 0 Å². The molecule has 0 aromatic heterocycles. The summed E-state index contributed by atoms with van der Waals surface area (Å²) in [6.45, 7) is 3.75. The summed E-state index contributed by atoms with van der Waals surface area (Å²) < 4.78 is 18.5. The minimum Gasteiger partial charge on any atom is -0.465 e. The molecule has 0 amide bonds. The Hall–Kier alpha value is -2.68. The van der Waals surface area contributed by atoms with Crippen molar-refractivity contribution in [3.63, 3.8) is 0 Å². The Morgan fingerprint density at radius 1 is 1.00 bits per heavy atom. The summed E-state index contributed by atoms with van der Waals surface area (Å²) in [7, 11) is 1.37. The van der Waals surface area contributed by atoms with Crippen LogP contribution in [-0.2, 0) is 4.74 Å². The monoisotopic (exact) mass is 308 g/mol. The standard InChI is InChI=1S/C20H17FO2/c1-12-8-16(21)9-13(2)19(12)15-10-14-6-4-5-7-17(14)18(11-15)20(22)23-3/h4-11H,1-3H3. The predicted octanol–water partition coefficient (Wildman–Crippen LogP) is 5.05. The summed E-state index contributed by atoms with van der Waals surface area (Å²) in [4.78, 5) is 12.2. The smallest absolute Gasteiger partial charge is 0.338 e. The fourth-order valence-electron chi connectivity index (χ4n) is 3.10. The molecule has 0 aliphatic heterocycles. The molecule has 0 bridgehead atoms. The molecule has 0 radical (unpaired) electrons. The fraction of sp³-hybridized carbons (Fsp3) is 0.150. The Balaban J connectivity index is 2.34. The van der Waals surface area contributed by atoms with E-state index < -0.39 is 0 Å². The van der Waals surface area contributed by atoms with Gasteiger partial charge in [-0.2, -0.15) is 0 Å². The molecular formula is C20H17FO2. The molecule has 3 aromatic rings. The van der Waals surface area contributed by atoms with Gasteiger partial charge in [0.25, 0.3) is 0 Å². The van der Waals surface area contributed by atoms with Crippen LogP contribution in [0.15, 0.2) is 48.5 Å². The number of carbonyl (C=O) groups excluding carboxylic acids is 1. The average molecular weight is 308 g/mol. The molecule has 0 fully saturated rings. The van der Waals surface area contributed by atoms with Crippen molar-refractivity contribution >= 4 is 16.7 Å². The number of methoxy groups -OCH3 is 1. The van der Waals surface area contributed by atoms with Crippen molar-refractivity contribution in [2.75, 3.05) is 7.11 Å². The molecule has 3 aromatic carbocycles. The summed E-state index contributed by atoms with van der Waals surface area (Å²) in [5.74, 6) is -0.627. The lowest BCUT2D eigenvalue weighted by atomic mass is 9.91. The first-order valence-corrected chi connectivity index (χ1v) is 7.39. The highest BCUT2D eigenvalue weighted by Crippen LogP contribution is 2.32. The molecule has 3 rings (SSSR count). The third-order valence-electron chi connectivity index (χ3n) is 4.05. The molecule has 116 valence electrons. The quantitative estimate of drug-likeness (QED) is 0.619. The largest absolute Gasteiger partial charge is 0.465 e. The van der Waals surface area contributed by atoms with E-state index >= 15 is 0 Å². The average Bonchev–Trinajstić information content (AvgIpc) is 2.52. The number of ether oxygens (including phenoxy) is 1. The Kier molecular flexibility index (Phi) is 3.87. The molecule has 0 N–H and O–H groups in total. The lowest BCUT2D eigenvalue weighted by molar-refractivity contribution is 0.0603. The molecule has 0 saturated heterocycles. The fourth-order valence-corrected chi connectivity index (χ4v) is 3.10. The maximum absolute atomic E-state index is 13.6. The SMILES string of the molecule is COC(=O)c1cc(-c2c(C)cc(F)cc2C)cc2ccccc12. The molecule has 0 heterocycles. The second-order valence-corrected chi connectivity index (χ2v) is 5.65. The van der Waals surface area contributed by atoms with Gasteiger partial charge in [0.1, 0.15) is 5.82 Å². The summed E-state index contributed by atoms with van der Waals surface area (Å²) in [5.41, 5.74) is 4.03. The van der Waals surface area contributed by atoms with E-state index in [0.29, 0.717) is 5.56 Å². The van der Waals surface area contributed by atoms with Crippen LogP contribution in [0.4, 0.5) is 4.39 Å². The number of halogens is 1. The van der Waals surface area contributed by atoms with Gasteiger partial charge < -0.3 is 4.74 Å². The van der Waals surface area contributed by atoms with Crippen molar-refractivity contribution in [1.82, 2.24) is 0 Å². The van der Waals surface area contributed by atoms with E-state index in [9.17, 15) is 9.18 Å². The lowest BCUT2D eigenvalue weighted by Gasteiger charge is -2.14. The van der Waals surface area contributed by atoms with Gasteiger partial charge in [0, 0.05) is 0 Å². The van der Waals surface area contributed by atoms with E-state index in [1.165, 1.54) is 19.2 Å². The van der Waals surface area contributed by atoms with E-state index in [-0.39, 0.29) is 11.8 Å². The van der Waals surface area contributed by atoms with Crippen LogP contribution < -0.4 is 0 Å². The second-order valence-electron chi connectivity index (χ2n) is 5.65. The van der Waals surface area contributed by atoms with Gasteiger partial charge >= 0.3 is 5.97 Å². The first-order valence-electron chi connectivity index (χ1n) is 7.39. The number of fused-ring (bicyclic) bond motifs is 1. The molecule has 2 nitrogen and oxygen atoms in total. The molecule has 3 heteroatoms. The van der Waals surface area contributed by atoms with Gasteiger partial charge in [-0.05, 0) is 71.1 Å². The summed E-state index contributed by atoms with van der Waals surface area (Å²) in [6, 6.07) is 14.5. The molecule has 0 saturated carbocycles. The van der Waals surface area contributed by atoms with E-state index in [0.717, 1.165) is 33.0 Å². The van der Waals surface area contributed by atoms with Crippen LogP contribution in [0.25, 0.3) is 21.9 Å². The first-order chi connectivity index (χ1) is 11.0. The van der Waals surface area contributed by atoms with Gasteiger partial charge in [-0.25, -0.2) is 9.18 Å². The number of hydrogen-bond acceptors (Lipinski definition) is 2. The van der Waals surface area contributed by atoms with Crippen LogP contribution in [0.1, 0.15) is 21.5 Å². The van der Waals surface area contributed by atoms with Crippen LogP contribution in [-0.4, -0.2) is 13.1 Å². The summed E-state index contributed by atoms with van der Waals surface area (Å²) in [6.07, 6.45) is 0. The van der Waals surface area contributed by atoms with Crippen LogP contribution in [0, 0.1) is 19.7 Å². The second kappa shape index (κ2) is 5.84. The maximum atomic E-state index is 13.6. The van der Waals surface area contributed by atoms with Crippen LogP contribution >= 0.6 is 0 Å². The van der Waals surface area contributed by atoms with E-state index in [4.69, 9.17) is 4.74 Å². The number of hydrogen-bond donors (Lipinski definition) is 0. The highest BCUT2D eigenvalue weighted by atomic mass is 19.1. The highest BCUT2D eigenvalue weighted by molar-refractivity contribution is 6.06. The summed E-state index contributed by atoms with van der Waals surface area (Å²) in [5, 5.41) is 1.80. The van der Waals surface area contributed by atoms with Gasteiger partial charge in [-0.3, -0.25) is 0 Å². The summed E-state index contributed by atoms with van der Waals surface area (Å²) >= 11 is 0. The Labute approximate surface area is 134 Å². The minimum atomic E-state index is -0.375. The normalized spacial score (nSPS) is 10.8. The van der Waals surface area contributed by atoms with Crippen LogP contribution in [0.2, 0.25) is 0 Å². The number of benzene rings is 3. The van der Waals surface area contributed by atoms with Crippen molar-refractivity contribution in [2.24, 2.45) is 0 Å². The number of esters is 1. The number of rotatable bonds is 2. The van der Waals surface area contributed by atoms with Gasteiger partial charge in [0.2, 0.25) is 0 Å². The first kappa shape index (κ1) is 15.2. The minimum absolute atomic E-state index is 0.252. The number of carbonyl (C=O) groups is 1. The van der Waals surface area contributed by atoms with Crippen molar-refractivity contribution in [3.05, 3.63) is 71.0 Å². The number of aryl methyl sites for hydroxylation is 2. The Bertz CT molecular complexity index is 890. The Morgan fingerprint density at radius 3 is 2.30 bits per heavy atom. The highest BCUT2D eigenvalue weighted by Gasteiger charge is 2.15. The molecular weight excluding hydrogens is 291 g/mol. The van der Waals surface area contributed by atoms with Crippen LogP contribution in [0.5, 0.6) is 0 Å². The topological polar surface area (TPSA) is 26.3 Å². The predicted molar refractivity (Wildman–Crippen MR) is 90.2 cm³/mol. The van der Waals surface area contributed by atoms with Crippen molar-refractivity contribution in [3.8, 4) is 11.1 Å². The molecule has 0 unspecified atom stereocenters. The van der Waals surface area contributed by atoms with E-state index in [2.05, 4.69) is 0 Å².